The average Bonchev–Trinajstić information content (AvgIpc) is 2.67. The molecular formula is C13H17ClS. The fraction of sp³-hybridized carbons (Fsp3) is 0.385. The summed E-state index contributed by atoms with van der Waals surface area (Å²) < 4.78 is 0. The molecular weight excluding hydrogens is 224 g/mol. The van der Waals surface area contributed by atoms with Gasteiger partial charge in [0, 0.05) is 5.75 Å². The largest absolute Gasteiger partial charge is 0.159 e. The summed E-state index contributed by atoms with van der Waals surface area (Å²) >= 11 is 0. The number of hydrogen-bond acceptors (Lipinski definition) is 0. The Labute approximate surface area is 98.2 Å². The molecule has 0 amide bonds. The van der Waals surface area contributed by atoms with Crippen molar-refractivity contribution < 1.29 is 0 Å². The van der Waals surface area contributed by atoms with E-state index in [-0.39, 0.29) is 0 Å². The maximum absolute atomic E-state index is 6.57. The Bertz CT molecular complexity index is 326. The van der Waals surface area contributed by atoms with Crippen LogP contribution in [0.2, 0.25) is 0 Å². The van der Waals surface area contributed by atoms with Crippen LogP contribution in [-0.4, -0.2) is 17.3 Å². The van der Waals surface area contributed by atoms with E-state index >= 15 is 0 Å². The van der Waals surface area contributed by atoms with Crippen LogP contribution in [0.4, 0.5) is 0 Å². The Morgan fingerprint density at radius 1 is 1.13 bits per heavy atom. The molecule has 0 radical (unpaired) electrons. The Balaban J connectivity index is 1.90. The lowest BCUT2D eigenvalue weighted by Gasteiger charge is -2.24. The third kappa shape index (κ3) is 3.29. The zero-order valence-corrected chi connectivity index (χ0v) is 10.4. The topological polar surface area (TPSA) is 0 Å². The first-order chi connectivity index (χ1) is 7.29. The number of rotatable bonds is 3. The fourth-order valence-corrected chi connectivity index (χ4v) is 5.21. The van der Waals surface area contributed by atoms with Crippen LogP contribution in [0.3, 0.4) is 0 Å². The van der Waals surface area contributed by atoms with E-state index in [4.69, 9.17) is 10.7 Å². The summed E-state index contributed by atoms with van der Waals surface area (Å²) in [6, 6.07) is 10.4. The second-order valence-electron chi connectivity index (χ2n) is 4.03. The summed E-state index contributed by atoms with van der Waals surface area (Å²) in [5.74, 6) is 3.60. The zero-order valence-electron chi connectivity index (χ0n) is 8.86. The first-order valence-corrected chi connectivity index (χ1v) is 8.43. The number of halogens is 1. The zero-order chi connectivity index (χ0) is 10.6. The maximum atomic E-state index is 6.57. The molecule has 2 rings (SSSR count). The van der Waals surface area contributed by atoms with E-state index in [9.17, 15) is 0 Å². The van der Waals surface area contributed by atoms with Crippen LogP contribution < -0.4 is 0 Å². The lowest BCUT2D eigenvalue weighted by atomic mass is 10.2. The minimum absolute atomic E-state index is 0.788. The molecule has 1 aliphatic heterocycles. The maximum Gasteiger partial charge on any atom is 0.00830 e. The van der Waals surface area contributed by atoms with Gasteiger partial charge in [0.15, 0.2) is 0 Å². The van der Waals surface area contributed by atoms with Crippen LogP contribution in [0.1, 0.15) is 18.4 Å². The van der Waals surface area contributed by atoms with Gasteiger partial charge in [-0.2, -0.15) is 9.24 Å². The molecule has 0 bridgehead atoms. The smallest absolute Gasteiger partial charge is 0.00830 e. The SMILES string of the molecule is ClS1(C/C=C/c2ccccc2)CCCC1. The van der Waals surface area contributed by atoms with E-state index in [2.05, 4.69) is 36.4 Å². The predicted molar refractivity (Wildman–Crippen MR) is 72.8 cm³/mol. The summed E-state index contributed by atoms with van der Waals surface area (Å²) in [6.07, 6.45) is 7.11. The molecule has 1 aromatic carbocycles. The standard InChI is InChI=1S/C13H17ClS/c14-15(10-4-5-11-15)12-6-9-13-7-2-1-3-8-13/h1-3,6-9H,4-5,10-12H2/b9-6+. The van der Waals surface area contributed by atoms with Gasteiger partial charge in [0.2, 0.25) is 0 Å². The first-order valence-electron chi connectivity index (χ1n) is 5.46. The van der Waals surface area contributed by atoms with Crippen LogP contribution in [0.25, 0.3) is 6.08 Å². The molecule has 1 saturated heterocycles. The van der Waals surface area contributed by atoms with Gasteiger partial charge in [-0.05, 0) is 29.9 Å². The van der Waals surface area contributed by atoms with Gasteiger partial charge >= 0.3 is 0 Å². The highest BCUT2D eigenvalue weighted by molar-refractivity contribution is 8.51. The van der Waals surface area contributed by atoms with Crippen molar-refractivity contribution in [2.45, 2.75) is 12.8 Å². The molecule has 0 nitrogen and oxygen atoms in total. The Morgan fingerprint density at radius 3 is 2.47 bits per heavy atom. The minimum atomic E-state index is -0.788. The Hall–Kier alpha value is -0.400. The third-order valence-electron chi connectivity index (χ3n) is 2.78. The van der Waals surface area contributed by atoms with Crippen LogP contribution >= 0.6 is 19.9 Å². The molecule has 1 heterocycles. The molecule has 0 spiro atoms. The van der Waals surface area contributed by atoms with Gasteiger partial charge < -0.3 is 0 Å². The monoisotopic (exact) mass is 240 g/mol. The van der Waals surface area contributed by atoms with E-state index < -0.39 is 9.24 Å². The van der Waals surface area contributed by atoms with Crippen molar-refractivity contribution >= 4 is 26.0 Å². The molecule has 1 aliphatic rings. The molecule has 0 atom stereocenters. The summed E-state index contributed by atoms with van der Waals surface area (Å²) in [7, 11) is 5.78. The second-order valence-corrected chi connectivity index (χ2v) is 9.03. The molecule has 0 aromatic heterocycles. The molecule has 0 unspecified atom stereocenters. The average molecular weight is 241 g/mol. The Morgan fingerprint density at radius 2 is 1.80 bits per heavy atom. The van der Waals surface area contributed by atoms with Gasteiger partial charge in [-0.3, -0.25) is 0 Å². The van der Waals surface area contributed by atoms with Gasteiger partial charge in [0.05, 0.1) is 0 Å². The minimum Gasteiger partial charge on any atom is -0.159 e. The highest BCUT2D eigenvalue weighted by atomic mass is 35.7. The normalized spacial score (nSPS) is 21.9. The van der Waals surface area contributed by atoms with Crippen LogP contribution in [0.5, 0.6) is 0 Å². The Kier molecular flexibility index (Phi) is 3.76. The van der Waals surface area contributed by atoms with Crippen molar-refractivity contribution in [1.82, 2.24) is 0 Å². The lowest BCUT2D eigenvalue weighted by molar-refractivity contribution is 0.949. The van der Waals surface area contributed by atoms with E-state index in [0.717, 1.165) is 5.75 Å². The van der Waals surface area contributed by atoms with E-state index in [1.54, 1.807) is 0 Å². The molecule has 0 N–H and O–H groups in total. The number of benzene rings is 1. The van der Waals surface area contributed by atoms with Crippen molar-refractivity contribution in [2.24, 2.45) is 0 Å². The predicted octanol–water partition coefficient (Wildman–Crippen LogP) is 4.45. The summed E-state index contributed by atoms with van der Waals surface area (Å²) in [5.41, 5.74) is 1.27. The lowest BCUT2D eigenvalue weighted by Crippen LogP contribution is -1.96. The quantitative estimate of drug-likeness (QED) is 0.732. The van der Waals surface area contributed by atoms with Crippen molar-refractivity contribution in [3.8, 4) is 0 Å². The van der Waals surface area contributed by atoms with Crippen LogP contribution in [-0.2, 0) is 0 Å². The van der Waals surface area contributed by atoms with E-state index in [1.807, 2.05) is 6.07 Å². The molecule has 0 saturated carbocycles. The molecule has 82 valence electrons. The van der Waals surface area contributed by atoms with Gasteiger partial charge in [-0.25, -0.2) is 0 Å². The van der Waals surface area contributed by atoms with Crippen LogP contribution in [0, 0.1) is 0 Å². The highest BCUT2D eigenvalue weighted by Gasteiger charge is 2.24. The van der Waals surface area contributed by atoms with Gasteiger partial charge in [-0.1, -0.05) is 53.2 Å². The highest BCUT2D eigenvalue weighted by Crippen LogP contribution is 2.58. The first kappa shape index (κ1) is 11.1. The second kappa shape index (κ2) is 5.09. The summed E-state index contributed by atoms with van der Waals surface area (Å²) in [6.45, 7) is 0. The van der Waals surface area contributed by atoms with Crippen molar-refractivity contribution in [3.63, 3.8) is 0 Å². The molecule has 1 aromatic rings. The van der Waals surface area contributed by atoms with Crippen LogP contribution in [0.15, 0.2) is 36.4 Å². The van der Waals surface area contributed by atoms with Crippen molar-refractivity contribution in [3.05, 3.63) is 42.0 Å². The summed E-state index contributed by atoms with van der Waals surface area (Å²) in [4.78, 5) is 0. The number of hydrogen-bond donors (Lipinski definition) is 0. The van der Waals surface area contributed by atoms with E-state index in [0.29, 0.717) is 0 Å². The van der Waals surface area contributed by atoms with Gasteiger partial charge in [-0.15, -0.1) is 0 Å². The molecule has 1 fully saturated rings. The van der Waals surface area contributed by atoms with Gasteiger partial charge in [0.25, 0.3) is 0 Å². The van der Waals surface area contributed by atoms with Crippen molar-refractivity contribution in [2.75, 3.05) is 17.3 Å². The van der Waals surface area contributed by atoms with E-state index in [1.165, 1.54) is 29.9 Å². The van der Waals surface area contributed by atoms with Gasteiger partial charge in [0.1, 0.15) is 0 Å². The summed E-state index contributed by atoms with van der Waals surface area (Å²) in [5, 5.41) is 0. The van der Waals surface area contributed by atoms with Crippen molar-refractivity contribution in [1.29, 1.82) is 0 Å². The third-order valence-corrected chi connectivity index (χ3v) is 6.91. The fourth-order valence-electron chi connectivity index (χ4n) is 1.91. The molecule has 2 heteroatoms. The molecule has 0 aliphatic carbocycles. The molecule has 15 heavy (non-hydrogen) atoms.